The van der Waals surface area contributed by atoms with Crippen molar-refractivity contribution in [1.82, 2.24) is 5.32 Å². The number of hydrogen-bond acceptors (Lipinski definition) is 6. The summed E-state index contributed by atoms with van der Waals surface area (Å²) >= 11 is 0. The number of amides is 1. The fourth-order valence-corrected chi connectivity index (χ4v) is 6.37. The van der Waals surface area contributed by atoms with E-state index in [-0.39, 0.29) is 19.1 Å². The van der Waals surface area contributed by atoms with E-state index in [9.17, 15) is 19.4 Å². The molecule has 0 heterocycles. The molecule has 9 heteroatoms. The Labute approximate surface area is 303 Å². The van der Waals surface area contributed by atoms with Crippen LogP contribution in [0.1, 0.15) is 174 Å². The fourth-order valence-electron chi connectivity index (χ4n) is 5.64. The molecule has 0 aromatic rings. The van der Waals surface area contributed by atoms with Crippen LogP contribution in [0.15, 0.2) is 24.3 Å². The highest BCUT2D eigenvalue weighted by Gasteiger charge is 2.24. The van der Waals surface area contributed by atoms with Crippen LogP contribution in [0.3, 0.4) is 0 Å². The minimum absolute atomic E-state index is 0.00950. The number of carbonyl (C=O) groups is 1. The molecule has 8 nitrogen and oxygen atoms in total. The number of carbonyl (C=O) groups excluding carboxylic acids is 1. The summed E-state index contributed by atoms with van der Waals surface area (Å²) in [6, 6.07) is -0.803. The van der Waals surface area contributed by atoms with E-state index in [0.717, 1.165) is 64.2 Å². The molecule has 0 saturated heterocycles. The number of hydrogen-bond donors (Lipinski definition) is 2. The number of rotatable bonds is 36. The SMILES string of the molecule is CCCC/C=C\C/C=C\CCCCCCCC(=O)NC(COP(=O)([O-])OCC[N+](C)(C)C)C(O)CCCCCCCCCCCCCCC. The van der Waals surface area contributed by atoms with Gasteiger partial charge in [0.15, 0.2) is 0 Å². The molecule has 0 radical (unpaired) electrons. The minimum atomic E-state index is -4.56. The molecule has 0 aliphatic carbocycles. The van der Waals surface area contributed by atoms with Gasteiger partial charge in [0.25, 0.3) is 7.82 Å². The van der Waals surface area contributed by atoms with E-state index in [1.807, 2.05) is 21.1 Å². The van der Waals surface area contributed by atoms with Gasteiger partial charge in [-0.1, -0.05) is 154 Å². The van der Waals surface area contributed by atoms with Crippen LogP contribution >= 0.6 is 7.82 Å². The zero-order valence-corrected chi connectivity index (χ0v) is 33.5. The van der Waals surface area contributed by atoms with Crippen LogP contribution in [-0.4, -0.2) is 68.5 Å². The van der Waals surface area contributed by atoms with Crippen molar-refractivity contribution in [2.24, 2.45) is 0 Å². The summed E-state index contributed by atoms with van der Waals surface area (Å²) in [5, 5.41) is 13.8. The standard InChI is InChI=1S/C40H79N2O6P/c1-6-8-10-12-14-16-18-20-22-24-26-28-30-32-34-40(44)41-38(37-48-49(45,46)47-36-35-42(3,4)5)39(43)33-31-29-27-25-23-21-19-17-15-13-11-9-7-2/h12,14,18,20,38-39,43H,6-11,13,15-17,19,21-37H2,1-5H3,(H-,41,44,45,46)/b14-12-,20-18-. The van der Waals surface area contributed by atoms with Gasteiger partial charge < -0.3 is 28.8 Å². The summed E-state index contributed by atoms with van der Waals surface area (Å²) in [6.07, 6.45) is 36.0. The first kappa shape index (κ1) is 48.0. The van der Waals surface area contributed by atoms with Gasteiger partial charge in [-0.25, -0.2) is 0 Å². The van der Waals surface area contributed by atoms with Crippen molar-refractivity contribution >= 4 is 13.7 Å². The van der Waals surface area contributed by atoms with Crippen LogP contribution in [-0.2, 0) is 18.4 Å². The molecule has 0 aromatic carbocycles. The maximum Gasteiger partial charge on any atom is 0.268 e. The molecule has 0 fully saturated rings. The average molecular weight is 715 g/mol. The maximum absolute atomic E-state index is 12.8. The van der Waals surface area contributed by atoms with Gasteiger partial charge in [-0.3, -0.25) is 9.36 Å². The molecule has 2 N–H and O–H groups in total. The second-order valence-corrected chi connectivity index (χ2v) is 16.4. The molecule has 290 valence electrons. The van der Waals surface area contributed by atoms with Gasteiger partial charge in [-0.05, 0) is 38.5 Å². The Morgan fingerprint density at radius 3 is 1.76 bits per heavy atom. The predicted octanol–water partition coefficient (Wildman–Crippen LogP) is 9.94. The number of aliphatic hydroxyl groups excluding tert-OH is 1. The third kappa shape index (κ3) is 35.2. The Bertz CT molecular complexity index is 860. The number of likely N-dealkylation sites (N-methyl/N-ethyl adjacent to an activating group) is 1. The number of phosphoric acid groups is 1. The largest absolute Gasteiger partial charge is 0.756 e. The first-order chi connectivity index (χ1) is 23.5. The van der Waals surface area contributed by atoms with Crippen LogP contribution < -0.4 is 10.2 Å². The van der Waals surface area contributed by atoms with Crippen molar-refractivity contribution in [1.29, 1.82) is 0 Å². The summed E-state index contributed by atoms with van der Waals surface area (Å²) in [4.78, 5) is 25.2. The van der Waals surface area contributed by atoms with Gasteiger partial charge in [-0.15, -0.1) is 0 Å². The predicted molar refractivity (Wildman–Crippen MR) is 205 cm³/mol. The van der Waals surface area contributed by atoms with Gasteiger partial charge in [0.05, 0.1) is 39.9 Å². The highest BCUT2D eigenvalue weighted by Crippen LogP contribution is 2.38. The molecule has 0 bridgehead atoms. The van der Waals surface area contributed by atoms with Crippen LogP contribution in [0, 0.1) is 0 Å². The van der Waals surface area contributed by atoms with E-state index in [2.05, 4.69) is 43.5 Å². The Hall–Kier alpha value is -1.02. The number of quaternary nitrogens is 1. The van der Waals surface area contributed by atoms with E-state index in [1.54, 1.807) is 0 Å². The minimum Gasteiger partial charge on any atom is -0.756 e. The van der Waals surface area contributed by atoms with Gasteiger partial charge in [0.1, 0.15) is 13.2 Å². The topological polar surface area (TPSA) is 108 Å². The molecule has 1 amide bonds. The molecule has 0 spiro atoms. The number of phosphoric ester groups is 1. The summed E-state index contributed by atoms with van der Waals surface area (Å²) < 4.78 is 23.2. The van der Waals surface area contributed by atoms with Gasteiger partial charge >= 0.3 is 0 Å². The van der Waals surface area contributed by atoms with Crippen molar-refractivity contribution in [3.63, 3.8) is 0 Å². The third-order valence-corrected chi connectivity index (χ3v) is 9.91. The summed E-state index contributed by atoms with van der Waals surface area (Å²) in [7, 11) is 1.29. The lowest BCUT2D eigenvalue weighted by Gasteiger charge is -2.30. The van der Waals surface area contributed by atoms with E-state index >= 15 is 0 Å². The van der Waals surface area contributed by atoms with E-state index in [1.165, 1.54) is 83.5 Å². The van der Waals surface area contributed by atoms with Crippen LogP contribution in [0.25, 0.3) is 0 Å². The van der Waals surface area contributed by atoms with Crippen molar-refractivity contribution in [3.05, 3.63) is 24.3 Å². The second kappa shape index (κ2) is 32.9. The Morgan fingerprint density at radius 1 is 0.714 bits per heavy atom. The van der Waals surface area contributed by atoms with Crippen molar-refractivity contribution in [3.8, 4) is 0 Å². The molecule has 0 saturated carbocycles. The van der Waals surface area contributed by atoms with Gasteiger partial charge in [-0.2, -0.15) is 0 Å². The lowest BCUT2D eigenvalue weighted by molar-refractivity contribution is -0.870. The average Bonchev–Trinajstić information content (AvgIpc) is 3.04. The quantitative estimate of drug-likeness (QED) is 0.0290. The lowest BCUT2D eigenvalue weighted by Crippen LogP contribution is -2.46. The van der Waals surface area contributed by atoms with Crippen molar-refractivity contribution < 1.29 is 32.9 Å². The van der Waals surface area contributed by atoms with Crippen molar-refractivity contribution in [2.45, 2.75) is 187 Å². The van der Waals surface area contributed by atoms with Gasteiger partial charge in [0, 0.05) is 6.42 Å². The van der Waals surface area contributed by atoms with E-state index in [4.69, 9.17) is 9.05 Å². The smallest absolute Gasteiger partial charge is 0.268 e. The highest BCUT2D eigenvalue weighted by atomic mass is 31.2. The number of nitrogens with zero attached hydrogens (tertiary/aromatic N) is 1. The van der Waals surface area contributed by atoms with Crippen LogP contribution in [0.4, 0.5) is 0 Å². The third-order valence-electron chi connectivity index (χ3n) is 8.94. The molecule has 0 aromatic heterocycles. The second-order valence-electron chi connectivity index (χ2n) is 15.0. The molecular formula is C40H79N2O6P. The molecule has 0 aliphatic heterocycles. The van der Waals surface area contributed by atoms with Crippen LogP contribution in [0.2, 0.25) is 0 Å². The molecule has 3 unspecified atom stereocenters. The molecule has 0 aliphatic rings. The monoisotopic (exact) mass is 715 g/mol. The first-order valence-electron chi connectivity index (χ1n) is 20.2. The van der Waals surface area contributed by atoms with Crippen LogP contribution in [0.5, 0.6) is 0 Å². The molecule has 49 heavy (non-hydrogen) atoms. The molecule has 3 atom stereocenters. The lowest BCUT2D eigenvalue weighted by atomic mass is 10.0. The Balaban J connectivity index is 4.46. The number of aliphatic hydroxyl groups is 1. The molecular weight excluding hydrogens is 635 g/mol. The van der Waals surface area contributed by atoms with Gasteiger partial charge in [0.2, 0.25) is 5.91 Å². The summed E-state index contributed by atoms with van der Waals surface area (Å²) in [5.41, 5.74) is 0. The normalized spacial score (nSPS) is 14.8. The zero-order chi connectivity index (χ0) is 36.5. The summed E-state index contributed by atoms with van der Waals surface area (Å²) in [5.74, 6) is -0.181. The Kier molecular flexibility index (Phi) is 32.2. The number of nitrogens with one attached hydrogen (secondary N) is 1. The first-order valence-corrected chi connectivity index (χ1v) is 21.6. The number of allylic oxidation sites excluding steroid dienone is 4. The van der Waals surface area contributed by atoms with Crippen molar-refractivity contribution in [2.75, 3.05) is 40.9 Å². The zero-order valence-electron chi connectivity index (χ0n) is 32.6. The highest BCUT2D eigenvalue weighted by molar-refractivity contribution is 7.45. The maximum atomic E-state index is 12.8. The molecule has 0 rings (SSSR count). The van der Waals surface area contributed by atoms with E-state index < -0.39 is 20.0 Å². The summed E-state index contributed by atoms with van der Waals surface area (Å²) in [6.45, 7) is 4.65. The van der Waals surface area contributed by atoms with E-state index in [0.29, 0.717) is 23.9 Å². The Morgan fingerprint density at radius 2 is 1.20 bits per heavy atom. The number of unbranched alkanes of at least 4 members (excludes halogenated alkanes) is 19. The fraction of sp³-hybridized carbons (Fsp3) is 0.875.